The number of hydrogen-bond donors (Lipinski definition) is 2. The largest absolute Gasteiger partial charge is 0.394 e. The number of hydrogen-bond acceptors (Lipinski definition) is 5. The molecule has 1 unspecified atom stereocenters. The Bertz CT molecular complexity index is 491. The molecule has 1 aliphatic heterocycles. The van der Waals surface area contributed by atoms with Gasteiger partial charge < -0.3 is 11.5 Å². The fraction of sp³-hybridized carbons (Fsp3) is 0.625. The summed E-state index contributed by atoms with van der Waals surface area (Å²) in [5, 5.41) is 4.16. The number of sulfone groups is 1. The van der Waals surface area contributed by atoms with E-state index in [9.17, 15) is 8.42 Å². The van der Waals surface area contributed by atoms with Crippen molar-refractivity contribution in [3.05, 3.63) is 5.69 Å². The van der Waals surface area contributed by atoms with E-state index in [4.69, 9.17) is 11.5 Å². The number of rotatable bonds is 1. The van der Waals surface area contributed by atoms with Crippen LogP contribution in [0.5, 0.6) is 0 Å². The number of nitrogen functional groups attached to an aromatic ring is 2. The third kappa shape index (κ3) is 1.67. The van der Waals surface area contributed by atoms with Gasteiger partial charge in [-0.3, -0.25) is 0 Å². The second-order valence-corrected chi connectivity index (χ2v) is 6.11. The maximum Gasteiger partial charge on any atom is 0.152 e. The monoisotopic (exact) mass is 230 g/mol. The van der Waals surface area contributed by atoms with Crippen LogP contribution in [-0.4, -0.2) is 29.7 Å². The van der Waals surface area contributed by atoms with Gasteiger partial charge in [-0.2, -0.15) is 5.10 Å². The molecule has 1 aromatic heterocycles. The molecule has 6 nitrogen and oxygen atoms in total. The average Bonchev–Trinajstić information content (AvgIpc) is 2.62. The average molecular weight is 230 g/mol. The van der Waals surface area contributed by atoms with Crippen LogP contribution in [0.25, 0.3) is 0 Å². The maximum atomic E-state index is 11.3. The first-order valence-corrected chi connectivity index (χ1v) is 6.53. The van der Waals surface area contributed by atoms with Gasteiger partial charge in [-0.1, -0.05) is 0 Å². The lowest BCUT2D eigenvalue weighted by molar-refractivity contribution is 0.504. The number of aromatic nitrogens is 2. The highest BCUT2D eigenvalue weighted by atomic mass is 32.2. The molecule has 1 aliphatic rings. The minimum absolute atomic E-state index is 0.109. The lowest BCUT2D eigenvalue weighted by Crippen LogP contribution is -2.15. The predicted octanol–water partition coefficient (Wildman–Crippen LogP) is -0.284. The van der Waals surface area contributed by atoms with Crippen LogP contribution in [0.15, 0.2) is 0 Å². The third-order valence-electron chi connectivity index (χ3n) is 2.72. The summed E-state index contributed by atoms with van der Waals surface area (Å²) in [6, 6.07) is -0.161. The Balaban J connectivity index is 2.36. The highest BCUT2D eigenvalue weighted by Crippen LogP contribution is 2.29. The van der Waals surface area contributed by atoms with Gasteiger partial charge in [0.1, 0.15) is 5.82 Å². The SMILES string of the molecule is Cc1nn(C2CCS(=O)(=O)C2)c(N)c1N. The topological polar surface area (TPSA) is 104 Å². The molecule has 0 aliphatic carbocycles. The highest BCUT2D eigenvalue weighted by Gasteiger charge is 2.31. The van der Waals surface area contributed by atoms with Gasteiger partial charge >= 0.3 is 0 Å². The zero-order valence-electron chi connectivity index (χ0n) is 8.47. The summed E-state index contributed by atoms with van der Waals surface area (Å²) in [4.78, 5) is 0. The van der Waals surface area contributed by atoms with Crippen LogP contribution in [0.1, 0.15) is 18.2 Å². The molecule has 1 aromatic rings. The molecular weight excluding hydrogens is 216 g/mol. The van der Waals surface area contributed by atoms with Gasteiger partial charge in [0, 0.05) is 0 Å². The van der Waals surface area contributed by atoms with Crippen molar-refractivity contribution < 1.29 is 8.42 Å². The van der Waals surface area contributed by atoms with Gasteiger partial charge in [0.25, 0.3) is 0 Å². The minimum Gasteiger partial charge on any atom is -0.394 e. The Kier molecular flexibility index (Phi) is 2.14. The first-order chi connectivity index (χ1) is 6.91. The van der Waals surface area contributed by atoms with Crippen molar-refractivity contribution in [3.63, 3.8) is 0 Å². The molecule has 0 amide bonds. The molecule has 7 heteroatoms. The van der Waals surface area contributed by atoms with Crippen molar-refractivity contribution in [1.29, 1.82) is 0 Å². The lowest BCUT2D eigenvalue weighted by Gasteiger charge is -2.09. The molecule has 1 saturated heterocycles. The van der Waals surface area contributed by atoms with Gasteiger partial charge in [0.05, 0.1) is 28.9 Å². The Morgan fingerprint density at radius 2 is 2.13 bits per heavy atom. The summed E-state index contributed by atoms with van der Waals surface area (Å²) in [7, 11) is -2.92. The molecule has 2 heterocycles. The van der Waals surface area contributed by atoms with Crippen LogP contribution >= 0.6 is 0 Å². The molecule has 0 bridgehead atoms. The molecule has 84 valence electrons. The van der Waals surface area contributed by atoms with E-state index in [-0.39, 0.29) is 17.5 Å². The van der Waals surface area contributed by atoms with E-state index < -0.39 is 9.84 Å². The standard InChI is InChI=1S/C8H14N4O2S/c1-5-7(9)8(10)12(11-5)6-2-3-15(13,14)4-6/h6H,2-4,9-10H2,1H3. The van der Waals surface area contributed by atoms with E-state index in [1.807, 2.05) is 0 Å². The molecule has 0 spiro atoms. The van der Waals surface area contributed by atoms with Crippen LogP contribution in [0.2, 0.25) is 0 Å². The molecule has 1 fully saturated rings. The van der Waals surface area contributed by atoms with E-state index in [1.54, 1.807) is 6.92 Å². The second-order valence-electron chi connectivity index (χ2n) is 3.89. The van der Waals surface area contributed by atoms with E-state index in [0.717, 1.165) is 0 Å². The van der Waals surface area contributed by atoms with Gasteiger partial charge in [-0.25, -0.2) is 13.1 Å². The fourth-order valence-electron chi connectivity index (χ4n) is 1.82. The molecule has 1 atom stereocenters. The number of nitrogens with zero attached hydrogens (tertiary/aromatic N) is 2. The van der Waals surface area contributed by atoms with E-state index in [1.165, 1.54) is 4.68 Å². The molecule has 15 heavy (non-hydrogen) atoms. The van der Waals surface area contributed by atoms with Crippen molar-refractivity contribution in [1.82, 2.24) is 9.78 Å². The van der Waals surface area contributed by atoms with Crippen LogP contribution in [-0.2, 0) is 9.84 Å². The summed E-state index contributed by atoms with van der Waals surface area (Å²) in [5.41, 5.74) is 12.5. The number of nitrogens with two attached hydrogens (primary N) is 2. The predicted molar refractivity (Wildman–Crippen MR) is 58.1 cm³/mol. The fourth-order valence-corrected chi connectivity index (χ4v) is 3.52. The van der Waals surface area contributed by atoms with Gasteiger partial charge in [-0.05, 0) is 13.3 Å². The summed E-state index contributed by atoms with van der Waals surface area (Å²) in [6.45, 7) is 1.76. The molecule has 0 aromatic carbocycles. The Hall–Kier alpha value is -1.24. The summed E-state index contributed by atoms with van der Waals surface area (Å²) in [5.74, 6) is 0.683. The molecule has 0 saturated carbocycles. The Labute approximate surface area is 88.2 Å². The molecular formula is C8H14N4O2S. The number of aryl methyl sites for hydroxylation is 1. The lowest BCUT2D eigenvalue weighted by atomic mass is 10.3. The molecule has 2 rings (SSSR count). The molecule has 4 N–H and O–H groups in total. The zero-order valence-corrected chi connectivity index (χ0v) is 9.29. The Morgan fingerprint density at radius 3 is 2.53 bits per heavy atom. The van der Waals surface area contributed by atoms with E-state index in [0.29, 0.717) is 23.6 Å². The Morgan fingerprint density at radius 1 is 1.47 bits per heavy atom. The smallest absolute Gasteiger partial charge is 0.152 e. The van der Waals surface area contributed by atoms with Gasteiger partial charge in [-0.15, -0.1) is 0 Å². The second kappa shape index (κ2) is 3.13. The van der Waals surface area contributed by atoms with Crippen molar-refractivity contribution in [2.75, 3.05) is 23.0 Å². The quantitative estimate of drug-likeness (QED) is 0.690. The minimum atomic E-state index is -2.92. The van der Waals surface area contributed by atoms with Crippen molar-refractivity contribution in [2.45, 2.75) is 19.4 Å². The van der Waals surface area contributed by atoms with Crippen LogP contribution in [0, 0.1) is 6.92 Å². The summed E-state index contributed by atoms with van der Waals surface area (Å²) >= 11 is 0. The number of anilines is 2. The van der Waals surface area contributed by atoms with Crippen LogP contribution in [0.4, 0.5) is 11.5 Å². The van der Waals surface area contributed by atoms with Gasteiger partial charge in [0.15, 0.2) is 9.84 Å². The third-order valence-corrected chi connectivity index (χ3v) is 4.47. The van der Waals surface area contributed by atoms with Crippen molar-refractivity contribution in [3.8, 4) is 0 Å². The first-order valence-electron chi connectivity index (χ1n) is 4.71. The van der Waals surface area contributed by atoms with Crippen molar-refractivity contribution in [2.24, 2.45) is 0 Å². The van der Waals surface area contributed by atoms with Crippen LogP contribution in [0.3, 0.4) is 0 Å². The highest BCUT2D eigenvalue weighted by molar-refractivity contribution is 7.91. The normalized spacial score (nSPS) is 24.5. The summed E-state index contributed by atoms with van der Waals surface area (Å²) in [6.07, 6.45) is 0.563. The van der Waals surface area contributed by atoms with Gasteiger partial charge in [0.2, 0.25) is 0 Å². The first kappa shape index (κ1) is 10.3. The van der Waals surface area contributed by atoms with Crippen molar-refractivity contribution >= 4 is 21.3 Å². The summed E-state index contributed by atoms with van der Waals surface area (Å²) < 4.78 is 24.1. The van der Waals surface area contributed by atoms with E-state index in [2.05, 4.69) is 5.10 Å². The molecule has 0 radical (unpaired) electrons. The zero-order chi connectivity index (χ0) is 11.2. The van der Waals surface area contributed by atoms with Crippen LogP contribution < -0.4 is 11.5 Å². The maximum absolute atomic E-state index is 11.3. The van der Waals surface area contributed by atoms with E-state index >= 15 is 0 Å².